The van der Waals surface area contributed by atoms with Gasteiger partial charge in [-0.2, -0.15) is 0 Å². The minimum absolute atomic E-state index is 0.0269. The Morgan fingerprint density at radius 1 is 1.10 bits per heavy atom. The molecular weight excluding hydrogens is 387 g/mol. The summed E-state index contributed by atoms with van der Waals surface area (Å²) in [4.78, 5) is 32.3. The van der Waals surface area contributed by atoms with Crippen molar-refractivity contribution < 1.29 is 13.9 Å². The molecule has 0 radical (unpaired) electrons. The van der Waals surface area contributed by atoms with E-state index in [4.69, 9.17) is 4.74 Å². The quantitative estimate of drug-likeness (QED) is 0.719. The summed E-state index contributed by atoms with van der Waals surface area (Å²) in [6.07, 6.45) is 3.14. The van der Waals surface area contributed by atoms with E-state index in [0.29, 0.717) is 30.2 Å². The Morgan fingerprint density at radius 3 is 2.50 bits per heavy atom. The molecule has 1 fully saturated rings. The summed E-state index contributed by atoms with van der Waals surface area (Å²) in [5.74, 6) is -0.106. The standard InChI is InChI=1S/C22H21FN4O3/c1-15-8-9-27(18-5-2-16(23)3-6-18)22(29)20(15)21(28)25-17-4-7-19(24-14-17)26-10-12-30-13-11-26/h2-9,14H,10-13H2,1H3,(H,25,28). The molecule has 0 spiro atoms. The van der Waals surface area contributed by atoms with Crippen LogP contribution in [0.15, 0.2) is 59.7 Å². The summed E-state index contributed by atoms with van der Waals surface area (Å²) in [6.45, 7) is 4.56. The third-order valence-electron chi connectivity index (χ3n) is 4.97. The summed E-state index contributed by atoms with van der Waals surface area (Å²) in [5.41, 5.74) is 1.07. The number of nitrogens with one attached hydrogen (secondary N) is 1. The van der Waals surface area contributed by atoms with Gasteiger partial charge in [0.15, 0.2) is 0 Å². The van der Waals surface area contributed by atoms with E-state index in [0.717, 1.165) is 18.9 Å². The van der Waals surface area contributed by atoms with Gasteiger partial charge in [0.05, 0.1) is 25.1 Å². The molecule has 1 aliphatic rings. The lowest BCUT2D eigenvalue weighted by atomic mass is 10.1. The van der Waals surface area contributed by atoms with Crippen LogP contribution in [0.2, 0.25) is 0 Å². The molecule has 30 heavy (non-hydrogen) atoms. The van der Waals surface area contributed by atoms with Crippen LogP contribution >= 0.6 is 0 Å². The van der Waals surface area contributed by atoms with Crippen molar-refractivity contribution in [2.45, 2.75) is 6.92 Å². The SMILES string of the molecule is Cc1ccn(-c2ccc(F)cc2)c(=O)c1C(=O)Nc1ccc(N2CCOCC2)nc1. The van der Waals surface area contributed by atoms with Gasteiger partial charge in [0.1, 0.15) is 17.2 Å². The normalized spacial score (nSPS) is 13.9. The first-order valence-corrected chi connectivity index (χ1v) is 9.61. The first-order valence-electron chi connectivity index (χ1n) is 9.61. The van der Waals surface area contributed by atoms with Crippen molar-refractivity contribution in [1.29, 1.82) is 0 Å². The van der Waals surface area contributed by atoms with Crippen LogP contribution in [0.4, 0.5) is 15.9 Å². The number of aryl methyl sites for hydroxylation is 1. The molecule has 0 atom stereocenters. The topological polar surface area (TPSA) is 76.5 Å². The van der Waals surface area contributed by atoms with E-state index in [9.17, 15) is 14.0 Å². The fraction of sp³-hybridized carbons (Fsp3) is 0.227. The number of hydrogen-bond donors (Lipinski definition) is 1. The van der Waals surface area contributed by atoms with Crippen molar-refractivity contribution in [1.82, 2.24) is 9.55 Å². The molecule has 0 aliphatic carbocycles. The van der Waals surface area contributed by atoms with Crippen molar-refractivity contribution in [3.8, 4) is 5.69 Å². The third kappa shape index (κ3) is 4.08. The number of ether oxygens (including phenoxy) is 1. The second-order valence-corrected chi connectivity index (χ2v) is 6.98. The summed E-state index contributed by atoms with van der Waals surface area (Å²) >= 11 is 0. The number of pyridine rings is 2. The molecule has 1 amide bonds. The molecule has 1 N–H and O–H groups in total. The highest BCUT2D eigenvalue weighted by Crippen LogP contribution is 2.17. The van der Waals surface area contributed by atoms with Crippen molar-refractivity contribution >= 4 is 17.4 Å². The first kappa shape index (κ1) is 19.8. The number of carbonyl (C=O) groups excluding carboxylic acids is 1. The van der Waals surface area contributed by atoms with E-state index in [1.54, 1.807) is 31.5 Å². The maximum atomic E-state index is 13.2. The van der Waals surface area contributed by atoms with Gasteiger partial charge in [0, 0.05) is 25.0 Å². The lowest BCUT2D eigenvalue weighted by molar-refractivity contribution is 0.102. The van der Waals surface area contributed by atoms with Gasteiger partial charge >= 0.3 is 0 Å². The number of morpholine rings is 1. The molecule has 0 saturated carbocycles. The molecule has 154 valence electrons. The Hall–Kier alpha value is -3.52. The Morgan fingerprint density at radius 2 is 1.83 bits per heavy atom. The summed E-state index contributed by atoms with van der Waals surface area (Å²) in [5, 5.41) is 2.74. The highest BCUT2D eigenvalue weighted by atomic mass is 19.1. The number of benzene rings is 1. The summed E-state index contributed by atoms with van der Waals surface area (Å²) < 4.78 is 19.9. The molecule has 1 saturated heterocycles. The molecule has 0 unspecified atom stereocenters. The van der Waals surface area contributed by atoms with Crippen LogP contribution in [0.3, 0.4) is 0 Å². The van der Waals surface area contributed by atoms with Gasteiger partial charge in [-0.1, -0.05) is 0 Å². The zero-order valence-corrected chi connectivity index (χ0v) is 16.5. The average molecular weight is 408 g/mol. The lowest BCUT2D eigenvalue weighted by Gasteiger charge is -2.27. The summed E-state index contributed by atoms with van der Waals surface area (Å²) in [7, 11) is 0. The Labute approximate surface area is 172 Å². The second kappa shape index (κ2) is 8.46. The van der Waals surface area contributed by atoms with Crippen LogP contribution in [0.5, 0.6) is 0 Å². The van der Waals surface area contributed by atoms with E-state index >= 15 is 0 Å². The van der Waals surface area contributed by atoms with E-state index < -0.39 is 17.3 Å². The fourth-order valence-corrected chi connectivity index (χ4v) is 3.34. The van der Waals surface area contributed by atoms with Crippen molar-refractivity contribution in [3.63, 3.8) is 0 Å². The molecular formula is C22H21FN4O3. The monoisotopic (exact) mass is 408 g/mol. The van der Waals surface area contributed by atoms with Crippen LogP contribution in [-0.4, -0.2) is 41.8 Å². The zero-order chi connectivity index (χ0) is 21.1. The predicted molar refractivity (Wildman–Crippen MR) is 112 cm³/mol. The minimum atomic E-state index is -0.519. The molecule has 1 aliphatic heterocycles. The van der Waals surface area contributed by atoms with Gasteiger partial charge < -0.3 is 15.0 Å². The number of amides is 1. The van der Waals surface area contributed by atoms with Gasteiger partial charge in [-0.15, -0.1) is 0 Å². The van der Waals surface area contributed by atoms with Crippen LogP contribution in [-0.2, 0) is 4.74 Å². The minimum Gasteiger partial charge on any atom is -0.378 e. The number of carbonyl (C=O) groups is 1. The number of anilines is 2. The van der Waals surface area contributed by atoms with Crippen molar-refractivity contribution in [2.75, 3.05) is 36.5 Å². The molecule has 7 nitrogen and oxygen atoms in total. The molecule has 3 heterocycles. The van der Waals surface area contributed by atoms with Crippen molar-refractivity contribution in [3.05, 3.63) is 82.2 Å². The Bertz CT molecular complexity index is 1100. The number of aromatic nitrogens is 2. The highest BCUT2D eigenvalue weighted by Gasteiger charge is 2.18. The maximum Gasteiger partial charge on any atom is 0.268 e. The fourth-order valence-electron chi connectivity index (χ4n) is 3.34. The van der Waals surface area contributed by atoms with Crippen LogP contribution in [0, 0.1) is 12.7 Å². The smallest absolute Gasteiger partial charge is 0.268 e. The van der Waals surface area contributed by atoms with Gasteiger partial charge in [-0.25, -0.2) is 9.37 Å². The number of hydrogen-bond acceptors (Lipinski definition) is 5. The Balaban J connectivity index is 1.56. The van der Waals surface area contributed by atoms with Crippen molar-refractivity contribution in [2.24, 2.45) is 0 Å². The van der Waals surface area contributed by atoms with E-state index in [1.807, 2.05) is 6.07 Å². The molecule has 3 aromatic rings. The highest BCUT2D eigenvalue weighted by molar-refractivity contribution is 6.05. The number of halogens is 1. The average Bonchev–Trinajstić information content (AvgIpc) is 2.76. The number of rotatable bonds is 4. The Kier molecular flexibility index (Phi) is 5.58. The first-order chi connectivity index (χ1) is 14.5. The van der Waals surface area contributed by atoms with Gasteiger partial charge in [-0.3, -0.25) is 14.2 Å². The van der Waals surface area contributed by atoms with Crippen LogP contribution in [0.25, 0.3) is 5.69 Å². The molecule has 1 aromatic carbocycles. The van der Waals surface area contributed by atoms with Gasteiger partial charge in [0.25, 0.3) is 11.5 Å². The lowest BCUT2D eigenvalue weighted by Crippen LogP contribution is -2.36. The second-order valence-electron chi connectivity index (χ2n) is 6.98. The number of nitrogens with zero attached hydrogens (tertiary/aromatic N) is 3. The van der Waals surface area contributed by atoms with E-state index in [2.05, 4.69) is 15.2 Å². The molecule has 0 bridgehead atoms. The van der Waals surface area contributed by atoms with E-state index in [-0.39, 0.29) is 5.56 Å². The maximum absolute atomic E-state index is 13.2. The predicted octanol–water partition coefficient (Wildman–Crippen LogP) is 2.77. The van der Waals surface area contributed by atoms with Gasteiger partial charge in [0.2, 0.25) is 0 Å². The van der Waals surface area contributed by atoms with Crippen LogP contribution in [0.1, 0.15) is 15.9 Å². The molecule has 4 rings (SSSR count). The van der Waals surface area contributed by atoms with Gasteiger partial charge in [-0.05, 0) is 55.0 Å². The molecule has 2 aromatic heterocycles. The zero-order valence-electron chi connectivity index (χ0n) is 16.5. The van der Waals surface area contributed by atoms with Crippen LogP contribution < -0.4 is 15.8 Å². The summed E-state index contributed by atoms with van der Waals surface area (Å²) in [6, 6.07) is 10.8. The third-order valence-corrected chi connectivity index (χ3v) is 4.97. The van der Waals surface area contributed by atoms with E-state index in [1.165, 1.54) is 28.8 Å². The molecule has 8 heteroatoms. The largest absolute Gasteiger partial charge is 0.378 e.